The highest BCUT2D eigenvalue weighted by molar-refractivity contribution is 7.92. The fourth-order valence-corrected chi connectivity index (χ4v) is 13.9. The topological polar surface area (TPSA) is 158 Å². The molecule has 378 valence electrons. The maximum Gasteiger partial charge on any atom is 0.421 e. The highest BCUT2D eigenvalue weighted by Gasteiger charge is 2.41. The Kier molecular flexibility index (Phi) is 15.4. The van der Waals surface area contributed by atoms with E-state index in [-0.39, 0.29) is 36.9 Å². The molecule has 2 heterocycles. The van der Waals surface area contributed by atoms with Crippen molar-refractivity contribution in [1.82, 2.24) is 14.7 Å². The van der Waals surface area contributed by atoms with Crippen LogP contribution in [0, 0.1) is 11.8 Å². The van der Waals surface area contributed by atoms with Gasteiger partial charge in [0.05, 0.1) is 21.1 Å². The van der Waals surface area contributed by atoms with Crippen LogP contribution in [0.4, 0.5) is 4.79 Å². The van der Waals surface area contributed by atoms with Crippen molar-refractivity contribution >= 4 is 48.8 Å². The Morgan fingerprint density at radius 1 is 0.657 bits per heavy atom. The number of benzene rings is 3. The molecule has 4 fully saturated rings. The smallest absolute Gasteiger partial charge is 0.421 e. The number of sulfonamides is 2. The van der Waals surface area contributed by atoms with E-state index >= 15 is 0 Å². The summed E-state index contributed by atoms with van der Waals surface area (Å²) < 4.78 is 58.1. The van der Waals surface area contributed by atoms with E-state index in [0.717, 1.165) is 87.7 Å². The van der Waals surface area contributed by atoms with E-state index in [1.807, 2.05) is 30.3 Å². The van der Waals surface area contributed by atoms with Gasteiger partial charge in [-0.1, -0.05) is 162 Å². The number of nitrogens with zero attached hydrogens (tertiary/aromatic N) is 2. The summed E-state index contributed by atoms with van der Waals surface area (Å²) in [7, 11) is -8.01. The molecule has 1 amide bonds. The molecular formula is C56H74N4O6S4. The number of hydrogen-bond acceptors (Lipinski definition) is 10. The first-order chi connectivity index (χ1) is 32.9. The van der Waals surface area contributed by atoms with Crippen molar-refractivity contribution in [3.8, 4) is 20.9 Å². The lowest BCUT2D eigenvalue weighted by atomic mass is 9.82. The summed E-state index contributed by atoms with van der Waals surface area (Å²) in [6.45, 7) is 17.9. The Hall–Kier alpha value is -3.95. The van der Waals surface area contributed by atoms with E-state index < -0.39 is 26.1 Å². The third-order valence-electron chi connectivity index (χ3n) is 15.2. The molecule has 3 aromatic carbocycles. The summed E-state index contributed by atoms with van der Waals surface area (Å²) in [6, 6.07) is 22.8. The van der Waals surface area contributed by atoms with Crippen LogP contribution in [-0.2, 0) is 65.9 Å². The molecule has 0 unspecified atom stereocenters. The molecule has 4 saturated carbocycles. The summed E-state index contributed by atoms with van der Waals surface area (Å²) in [5.41, 5.74) is 10.2. The van der Waals surface area contributed by atoms with Crippen molar-refractivity contribution in [3.05, 3.63) is 106 Å². The number of nitrogens with two attached hydrogens (primary N) is 1. The van der Waals surface area contributed by atoms with E-state index in [4.69, 9.17) is 9.88 Å². The Labute approximate surface area is 426 Å². The first kappa shape index (κ1) is 52.4. The number of hydrogen-bond donors (Lipinski definition) is 2. The number of thiazole rings is 2. The van der Waals surface area contributed by atoms with Gasteiger partial charge in [0.25, 0.3) is 20.0 Å². The number of nitrogens with one attached hydrogen (secondary N) is 1. The maximum absolute atomic E-state index is 13.3. The minimum absolute atomic E-state index is 0.0145. The maximum atomic E-state index is 13.3. The Morgan fingerprint density at radius 2 is 1.09 bits per heavy atom. The highest BCUT2D eigenvalue weighted by Crippen LogP contribution is 2.51. The van der Waals surface area contributed by atoms with Gasteiger partial charge in [-0.15, -0.1) is 22.7 Å². The van der Waals surface area contributed by atoms with Gasteiger partial charge in [0, 0.05) is 0 Å². The Balaban J connectivity index is 0.000000196. The zero-order chi connectivity index (χ0) is 50.3. The minimum Gasteiger partial charge on any atom is -0.444 e. The summed E-state index contributed by atoms with van der Waals surface area (Å²) in [6.07, 6.45) is 17.5. The second kappa shape index (κ2) is 20.5. The molecule has 0 bridgehead atoms. The van der Waals surface area contributed by atoms with Gasteiger partial charge in [-0.3, -0.25) is 0 Å². The average molecular weight is 1030 g/mol. The molecule has 3 N–H and O–H groups in total. The Bertz CT molecular complexity index is 2840. The summed E-state index contributed by atoms with van der Waals surface area (Å²) >= 11 is 2.40. The van der Waals surface area contributed by atoms with E-state index in [1.54, 1.807) is 0 Å². The van der Waals surface area contributed by atoms with Crippen molar-refractivity contribution in [2.45, 2.75) is 195 Å². The lowest BCUT2D eigenvalue weighted by molar-refractivity contribution is 0.146. The van der Waals surface area contributed by atoms with Crippen LogP contribution in [0.2, 0.25) is 0 Å². The number of ether oxygens (including phenoxy) is 1. The molecule has 0 spiro atoms. The molecule has 5 aromatic rings. The fraction of sp³-hybridized carbons (Fsp3) is 0.554. The normalized spacial score (nSPS) is 18.4. The van der Waals surface area contributed by atoms with Gasteiger partial charge in [-0.2, -0.15) is 8.42 Å². The number of amides is 1. The molecular weight excluding hydrogens is 953 g/mol. The van der Waals surface area contributed by atoms with Crippen LogP contribution in [0.1, 0.15) is 184 Å². The molecule has 14 heteroatoms. The van der Waals surface area contributed by atoms with Crippen LogP contribution in [0.3, 0.4) is 0 Å². The zero-order valence-electron chi connectivity index (χ0n) is 42.6. The Morgan fingerprint density at radius 3 is 1.50 bits per heavy atom. The van der Waals surface area contributed by atoms with Crippen molar-refractivity contribution in [2.75, 3.05) is 0 Å². The summed E-state index contributed by atoms with van der Waals surface area (Å²) in [5.74, 6) is 1.07. The van der Waals surface area contributed by atoms with Crippen molar-refractivity contribution in [2.24, 2.45) is 17.0 Å². The molecule has 2 aromatic heterocycles. The summed E-state index contributed by atoms with van der Waals surface area (Å²) in [4.78, 5) is 23.6. The molecule has 4 aliphatic rings. The number of carbonyl (C=O) groups excluding carboxylic acids is 1. The number of primary sulfonamides is 1. The van der Waals surface area contributed by atoms with E-state index in [9.17, 15) is 21.6 Å². The third-order valence-corrected chi connectivity index (χ3v) is 20.5. The second-order valence-electron chi connectivity index (χ2n) is 23.4. The van der Waals surface area contributed by atoms with Crippen LogP contribution in [0.5, 0.6) is 0 Å². The minimum atomic E-state index is -4.20. The van der Waals surface area contributed by atoms with E-state index in [0.29, 0.717) is 11.8 Å². The monoisotopic (exact) mass is 1030 g/mol. The van der Waals surface area contributed by atoms with Gasteiger partial charge in [-0.05, 0) is 135 Å². The summed E-state index contributed by atoms with van der Waals surface area (Å²) in [5, 5.41) is 5.48. The van der Waals surface area contributed by atoms with Gasteiger partial charge < -0.3 is 4.74 Å². The zero-order valence-corrected chi connectivity index (χ0v) is 45.8. The molecule has 0 saturated heterocycles. The highest BCUT2D eigenvalue weighted by atomic mass is 32.3. The van der Waals surface area contributed by atoms with Crippen LogP contribution in [-0.4, -0.2) is 32.9 Å². The number of carbonyl (C=O) groups is 1. The second-order valence-corrected chi connectivity index (χ2v) is 28.9. The first-order valence-electron chi connectivity index (χ1n) is 25.5. The van der Waals surface area contributed by atoms with Gasteiger partial charge in [-0.25, -0.2) is 33.0 Å². The number of rotatable bonds is 13. The molecule has 0 aliphatic heterocycles. The van der Waals surface area contributed by atoms with Gasteiger partial charge >= 0.3 is 6.09 Å². The molecule has 70 heavy (non-hydrogen) atoms. The molecule has 4 aliphatic carbocycles. The van der Waals surface area contributed by atoms with Gasteiger partial charge in [0.15, 0.2) is 0 Å². The largest absolute Gasteiger partial charge is 0.444 e. The van der Waals surface area contributed by atoms with E-state index in [2.05, 4.69) is 106 Å². The van der Waals surface area contributed by atoms with Gasteiger partial charge in [0.1, 0.15) is 6.61 Å². The predicted octanol–water partition coefficient (Wildman–Crippen LogP) is 13.8. The SMILES string of the molecule is CC(C)(C)c1cc(-c2sc(S(=O)(=O)NC(=O)OCc3ccccc3)nc2CC2CCCCC2)cc(C2(C)CC2)c1.CC(C)(C)c1cc(-c2sc(S(N)(=O)=O)nc2CC2CCCCC2)cc(C2(C)CC2)c1. The standard InChI is InChI=1S/C32H40N2O4S2.C24H34N2O2S2/c1-31(2,3)25-18-24(19-26(20-25)32(4)15-16-32)28-27(17-22-11-7-5-8-12-22)33-30(39-28)40(36,37)34-29(35)38-21-23-13-9-6-10-14-23;1-23(2,3)18-13-17(14-19(15-18)24(4)10-11-24)21-20(12-16-8-6-5-7-9-16)26-22(29-21)30(25,27)28/h6,9-10,13-14,18-20,22H,5,7-8,11-12,15-17,21H2,1-4H3,(H,34,35);13-16H,5-12H2,1-4H3,(H2,25,27,28). The van der Waals surface area contributed by atoms with Gasteiger partial charge in [0.2, 0.25) is 8.68 Å². The van der Waals surface area contributed by atoms with Crippen LogP contribution >= 0.6 is 22.7 Å². The lowest BCUT2D eigenvalue weighted by Gasteiger charge is -2.24. The van der Waals surface area contributed by atoms with E-state index in [1.165, 1.54) is 97.8 Å². The first-order valence-corrected chi connectivity index (χ1v) is 30.1. The predicted molar refractivity (Wildman–Crippen MR) is 285 cm³/mol. The lowest BCUT2D eigenvalue weighted by Crippen LogP contribution is -2.31. The number of aromatic nitrogens is 2. The molecule has 0 radical (unpaired) electrons. The van der Waals surface area contributed by atoms with Crippen LogP contribution < -0.4 is 9.86 Å². The molecule has 10 nitrogen and oxygen atoms in total. The van der Waals surface area contributed by atoms with Crippen molar-refractivity contribution in [1.29, 1.82) is 0 Å². The van der Waals surface area contributed by atoms with Crippen molar-refractivity contribution < 1.29 is 26.4 Å². The molecule has 9 rings (SSSR count). The average Bonchev–Trinajstić information content (AvgIpc) is 4.15. The van der Waals surface area contributed by atoms with Crippen LogP contribution in [0.15, 0.2) is 75.4 Å². The van der Waals surface area contributed by atoms with Crippen LogP contribution in [0.25, 0.3) is 20.9 Å². The van der Waals surface area contributed by atoms with Crippen molar-refractivity contribution in [3.63, 3.8) is 0 Å². The quantitative estimate of drug-likeness (QED) is 0.118. The third kappa shape index (κ3) is 13.0. The fourth-order valence-electron chi connectivity index (χ4n) is 9.89. The molecule has 0 atom stereocenters.